The van der Waals surface area contributed by atoms with E-state index in [0.29, 0.717) is 19.4 Å². The van der Waals surface area contributed by atoms with Crippen molar-refractivity contribution in [2.24, 2.45) is 5.41 Å². The van der Waals surface area contributed by atoms with Crippen LogP contribution in [0.15, 0.2) is 0 Å². The lowest BCUT2D eigenvalue weighted by molar-refractivity contribution is 0.213. The zero-order valence-electron chi connectivity index (χ0n) is 9.00. The second kappa shape index (κ2) is 5.14. The summed E-state index contributed by atoms with van der Waals surface area (Å²) < 4.78 is 22.2. The molecule has 0 fully saturated rings. The van der Waals surface area contributed by atoms with Crippen molar-refractivity contribution in [3.63, 3.8) is 0 Å². The van der Waals surface area contributed by atoms with Crippen molar-refractivity contribution in [1.82, 2.24) is 0 Å². The molecule has 0 rings (SSSR count). The molecule has 0 aliphatic heterocycles. The fraction of sp³-hybridized carbons (Fsp3) is 0.889. The molecular formula is C9H20O3P. The van der Waals surface area contributed by atoms with Gasteiger partial charge in [-0.15, -0.1) is 0 Å². The summed E-state index contributed by atoms with van der Waals surface area (Å²) in [5.41, 5.74) is -0.278. The van der Waals surface area contributed by atoms with Gasteiger partial charge in [-0.2, -0.15) is 0 Å². The Kier molecular flexibility index (Phi) is 5.19. The van der Waals surface area contributed by atoms with Crippen molar-refractivity contribution in [3.8, 4) is 0 Å². The Balaban J connectivity index is 4.33. The summed E-state index contributed by atoms with van der Waals surface area (Å²) in [6.45, 7) is 12.2. The first kappa shape index (κ1) is 13.2. The van der Waals surface area contributed by atoms with Crippen LogP contribution in [-0.4, -0.2) is 19.4 Å². The minimum Gasteiger partial charge on any atom is -0.309 e. The predicted octanol–water partition coefficient (Wildman–Crippen LogP) is 3.11. The molecule has 3 nitrogen and oxygen atoms in total. The molecule has 0 aromatic rings. The molecular weight excluding hydrogens is 187 g/mol. The third-order valence-corrected chi connectivity index (χ3v) is 3.82. The minimum atomic E-state index is -2.90. The maximum Gasteiger partial charge on any atom is 0.331 e. The highest BCUT2D eigenvalue weighted by Gasteiger charge is 2.30. The van der Waals surface area contributed by atoms with E-state index < -0.39 is 7.60 Å². The Labute approximate surface area is 81.3 Å². The number of hydrogen-bond donors (Lipinski definition) is 0. The van der Waals surface area contributed by atoms with Gasteiger partial charge < -0.3 is 9.05 Å². The molecule has 0 spiro atoms. The summed E-state index contributed by atoms with van der Waals surface area (Å²) in [7, 11) is -2.90. The molecule has 79 valence electrons. The Morgan fingerprint density at radius 3 is 1.85 bits per heavy atom. The topological polar surface area (TPSA) is 35.5 Å². The Bertz CT molecular complexity index is 174. The molecule has 0 aliphatic carbocycles. The van der Waals surface area contributed by atoms with Gasteiger partial charge in [0.1, 0.15) is 0 Å². The normalized spacial score (nSPS) is 13.3. The lowest BCUT2D eigenvalue weighted by atomic mass is 10.0. The van der Waals surface area contributed by atoms with Crippen LogP contribution in [0.2, 0.25) is 0 Å². The highest BCUT2D eigenvalue weighted by atomic mass is 31.2. The number of hydrogen-bond acceptors (Lipinski definition) is 3. The van der Waals surface area contributed by atoms with E-state index in [-0.39, 0.29) is 5.41 Å². The van der Waals surface area contributed by atoms with Crippen molar-refractivity contribution < 1.29 is 13.6 Å². The van der Waals surface area contributed by atoms with Gasteiger partial charge in [-0.25, -0.2) is 0 Å². The van der Waals surface area contributed by atoms with Crippen LogP contribution >= 0.6 is 7.60 Å². The van der Waals surface area contributed by atoms with Gasteiger partial charge >= 0.3 is 7.60 Å². The monoisotopic (exact) mass is 207 g/mol. The van der Waals surface area contributed by atoms with E-state index in [1.165, 1.54) is 0 Å². The molecule has 0 saturated heterocycles. The molecule has 0 aromatic heterocycles. The van der Waals surface area contributed by atoms with Crippen molar-refractivity contribution in [2.45, 2.75) is 27.7 Å². The van der Waals surface area contributed by atoms with Crippen LogP contribution in [0.5, 0.6) is 0 Å². The molecule has 4 heteroatoms. The second-order valence-corrected chi connectivity index (χ2v) is 5.82. The molecule has 0 atom stereocenters. The van der Waals surface area contributed by atoms with Gasteiger partial charge in [0.25, 0.3) is 0 Å². The lowest BCUT2D eigenvalue weighted by Gasteiger charge is -2.24. The zero-order valence-corrected chi connectivity index (χ0v) is 9.89. The van der Waals surface area contributed by atoms with Crippen molar-refractivity contribution in [2.75, 3.05) is 19.4 Å². The van der Waals surface area contributed by atoms with E-state index >= 15 is 0 Å². The molecule has 0 N–H and O–H groups in total. The second-order valence-electron chi connectivity index (χ2n) is 3.77. The van der Waals surface area contributed by atoms with E-state index in [1.807, 2.05) is 27.7 Å². The van der Waals surface area contributed by atoms with Crippen molar-refractivity contribution in [3.05, 3.63) is 6.92 Å². The third kappa shape index (κ3) is 6.25. The van der Waals surface area contributed by atoms with E-state index in [0.717, 1.165) is 0 Å². The molecule has 1 radical (unpaired) electrons. The van der Waals surface area contributed by atoms with Crippen molar-refractivity contribution >= 4 is 7.60 Å². The SMILES string of the molecule is [CH2]C(C)(C)CP(=O)(OCC)OCC. The maximum absolute atomic E-state index is 11.9. The number of rotatable bonds is 6. The first-order chi connectivity index (χ1) is 5.83. The predicted molar refractivity (Wildman–Crippen MR) is 54.9 cm³/mol. The quantitative estimate of drug-likeness (QED) is 0.628. The third-order valence-electron chi connectivity index (χ3n) is 1.27. The van der Waals surface area contributed by atoms with Crippen LogP contribution in [0.1, 0.15) is 27.7 Å². The van der Waals surface area contributed by atoms with Crippen LogP contribution in [-0.2, 0) is 13.6 Å². The van der Waals surface area contributed by atoms with Crippen LogP contribution in [0, 0.1) is 12.3 Å². The fourth-order valence-corrected chi connectivity index (χ4v) is 3.14. The maximum atomic E-state index is 11.9. The summed E-state index contributed by atoms with van der Waals surface area (Å²) in [6.07, 6.45) is 0.363. The molecule has 13 heavy (non-hydrogen) atoms. The Morgan fingerprint density at radius 2 is 1.62 bits per heavy atom. The van der Waals surface area contributed by atoms with Gasteiger partial charge in [0, 0.05) is 0 Å². The van der Waals surface area contributed by atoms with Gasteiger partial charge in [0.05, 0.1) is 19.4 Å². The van der Waals surface area contributed by atoms with Gasteiger partial charge in [0.2, 0.25) is 0 Å². The first-order valence-electron chi connectivity index (χ1n) is 4.56. The average Bonchev–Trinajstić information content (AvgIpc) is 1.82. The van der Waals surface area contributed by atoms with Crippen LogP contribution in [0.4, 0.5) is 0 Å². The zero-order chi connectivity index (χ0) is 10.5. The molecule has 0 aromatic carbocycles. The minimum absolute atomic E-state index is 0.278. The van der Waals surface area contributed by atoms with E-state index in [9.17, 15) is 4.57 Å². The smallest absolute Gasteiger partial charge is 0.309 e. The Morgan fingerprint density at radius 1 is 1.23 bits per heavy atom. The molecule has 0 aliphatic rings. The van der Waals surface area contributed by atoms with Gasteiger partial charge in [-0.3, -0.25) is 4.57 Å². The van der Waals surface area contributed by atoms with Crippen LogP contribution in [0.25, 0.3) is 0 Å². The summed E-state index contributed by atoms with van der Waals surface area (Å²) >= 11 is 0. The summed E-state index contributed by atoms with van der Waals surface area (Å²) in [5, 5.41) is 0. The van der Waals surface area contributed by atoms with Crippen LogP contribution in [0.3, 0.4) is 0 Å². The molecule has 0 saturated carbocycles. The first-order valence-corrected chi connectivity index (χ1v) is 6.29. The van der Waals surface area contributed by atoms with Gasteiger partial charge in [0.15, 0.2) is 0 Å². The van der Waals surface area contributed by atoms with Gasteiger partial charge in [-0.05, 0) is 26.2 Å². The summed E-state index contributed by atoms with van der Waals surface area (Å²) in [6, 6.07) is 0. The highest BCUT2D eigenvalue weighted by molar-refractivity contribution is 7.53. The average molecular weight is 207 g/mol. The van der Waals surface area contributed by atoms with Crippen molar-refractivity contribution in [1.29, 1.82) is 0 Å². The summed E-state index contributed by atoms with van der Waals surface area (Å²) in [5.74, 6) is 0. The molecule has 0 heterocycles. The van der Waals surface area contributed by atoms with Gasteiger partial charge in [-0.1, -0.05) is 13.8 Å². The van der Waals surface area contributed by atoms with E-state index in [4.69, 9.17) is 9.05 Å². The highest BCUT2D eigenvalue weighted by Crippen LogP contribution is 2.51. The van der Waals surface area contributed by atoms with E-state index in [1.54, 1.807) is 0 Å². The fourth-order valence-electron chi connectivity index (χ4n) is 1.05. The standard InChI is InChI=1S/C9H20O3P/c1-6-11-13(10,12-7-2)8-9(3,4)5/h3,6-8H2,1-2,4-5H3. The molecule has 0 bridgehead atoms. The lowest BCUT2D eigenvalue weighted by Crippen LogP contribution is -2.15. The summed E-state index contributed by atoms with van der Waals surface area (Å²) in [4.78, 5) is 0. The van der Waals surface area contributed by atoms with E-state index in [2.05, 4.69) is 6.92 Å². The van der Waals surface area contributed by atoms with Crippen LogP contribution < -0.4 is 0 Å². The molecule has 0 amide bonds. The largest absolute Gasteiger partial charge is 0.331 e. The Hall–Kier alpha value is 0.150. The molecule has 0 unspecified atom stereocenters.